The molecule has 3 heterocycles. The number of aromatic nitrogens is 3. The van der Waals surface area contributed by atoms with Crippen molar-refractivity contribution in [1.29, 1.82) is 0 Å². The van der Waals surface area contributed by atoms with Crippen molar-refractivity contribution in [1.82, 2.24) is 19.2 Å². The maximum absolute atomic E-state index is 12.7. The highest BCUT2D eigenvalue weighted by atomic mass is 16.3. The minimum Gasteiger partial charge on any atom is -0.467 e. The second-order valence-corrected chi connectivity index (χ2v) is 8.05. The molecule has 6 nitrogen and oxygen atoms in total. The Hall–Kier alpha value is -3.80. The lowest BCUT2D eigenvalue weighted by molar-refractivity contribution is -0.125. The Labute approximate surface area is 188 Å². The third-order valence-corrected chi connectivity index (χ3v) is 5.58. The molecule has 4 aromatic rings. The van der Waals surface area contributed by atoms with E-state index < -0.39 is 0 Å². The molecule has 0 saturated heterocycles. The summed E-state index contributed by atoms with van der Waals surface area (Å²) in [4.78, 5) is 14.4. The third-order valence-electron chi connectivity index (χ3n) is 5.58. The molecule has 0 unspecified atom stereocenters. The molecule has 0 atom stereocenters. The summed E-state index contributed by atoms with van der Waals surface area (Å²) in [6.45, 7) is 6.03. The van der Waals surface area contributed by atoms with Crippen LogP contribution in [-0.4, -0.2) is 32.2 Å². The Morgan fingerprint density at radius 1 is 1.09 bits per heavy atom. The highest BCUT2D eigenvalue weighted by Crippen LogP contribution is 2.19. The molecule has 0 radical (unpaired) electrons. The van der Waals surface area contributed by atoms with Crippen LogP contribution in [0.2, 0.25) is 0 Å². The summed E-state index contributed by atoms with van der Waals surface area (Å²) in [7, 11) is 1.81. The van der Waals surface area contributed by atoms with Crippen LogP contribution in [0, 0.1) is 13.8 Å². The van der Waals surface area contributed by atoms with E-state index in [0.717, 1.165) is 28.3 Å². The Kier molecular flexibility index (Phi) is 6.40. The molecule has 0 saturated carbocycles. The van der Waals surface area contributed by atoms with E-state index in [4.69, 9.17) is 4.42 Å². The van der Waals surface area contributed by atoms with Crippen LogP contribution >= 0.6 is 0 Å². The second kappa shape index (κ2) is 9.56. The molecule has 0 fully saturated rings. The van der Waals surface area contributed by atoms with Crippen LogP contribution in [-0.2, 0) is 24.4 Å². The molecule has 1 amide bonds. The van der Waals surface area contributed by atoms with Crippen molar-refractivity contribution in [3.05, 3.63) is 107 Å². The zero-order valence-corrected chi connectivity index (χ0v) is 18.7. The van der Waals surface area contributed by atoms with Crippen LogP contribution in [0.5, 0.6) is 0 Å². The standard InChI is InChI=1S/C26H28N4O2/c1-20-14-24(21(2)30(20)19-25-10-7-13-32-25)11-12-26(31)28(3)16-23-15-27-29(18-23)17-22-8-5-4-6-9-22/h4-15,18H,16-17,19H2,1-3H3. The van der Waals surface area contributed by atoms with Gasteiger partial charge in [-0.25, -0.2) is 0 Å². The zero-order chi connectivity index (χ0) is 22.5. The molecule has 1 aromatic carbocycles. The van der Waals surface area contributed by atoms with Crippen molar-refractivity contribution in [2.45, 2.75) is 33.5 Å². The first-order valence-corrected chi connectivity index (χ1v) is 10.7. The Balaban J connectivity index is 1.37. The van der Waals surface area contributed by atoms with Gasteiger partial charge >= 0.3 is 0 Å². The van der Waals surface area contributed by atoms with E-state index in [9.17, 15) is 4.79 Å². The van der Waals surface area contributed by atoms with Gasteiger partial charge in [-0.1, -0.05) is 30.3 Å². The van der Waals surface area contributed by atoms with Crippen LogP contribution < -0.4 is 0 Å². The van der Waals surface area contributed by atoms with Gasteiger partial charge in [-0.05, 0) is 49.2 Å². The molecule has 3 aromatic heterocycles. The van der Waals surface area contributed by atoms with Crippen molar-refractivity contribution in [3.63, 3.8) is 0 Å². The maximum Gasteiger partial charge on any atom is 0.246 e. The van der Waals surface area contributed by atoms with Gasteiger partial charge in [0.25, 0.3) is 0 Å². The summed E-state index contributed by atoms with van der Waals surface area (Å²) in [5.41, 5.74) is 5.46. The van der Waals surface area contributed by atoms with E-state index in [-0.39, 0.29) is 5.91 Å². The Morgan fingerprint density at radius 2 is 1.91 bits per heavy atom. The number of hydrogen-bond donors (Lipinski definition) is 0. The number of carbonyl (C=O) groups is 1. The topological polar surface area (TPSA) is 56.2 Å². The number of carbonyl (C=O) groups excluding carboxylic acids is 1. The lowest BCUT2D eigenvalue weighted by Gasteiger charge is -2.13. The van der Waals surface area contributed by atoms with E-state index in [2.05, 4.69) is 41.7 Å². The first-order valence-electron chi connectivity index (χ1n) is 10.7. The smallest absolute Gasteiger partial charge is 0.246 e. The number of rotatable bonds is 8. The second-order valence-electron chi connectivity index (χ2n) is 8.05. The maximum atomic E-state index is 12.7. The molecule has 0 N–H and O–H groups in total. The van der Waals surface area contributed by atoms with E-state index in [1.165, 1.54) is 5.56 Å². The van der Waals surface area contributed by atoms with Gasteiger partial charge in [0.2, 0.25) is 5.91 Å². The van der Waals surface area contributed by atoms with Crippen molar-refractivity contribution < 1.29 is 9.21 Å². The lowest BCUT2D eigenvalue weighted by atomic mass is 10.2. The molecular weight excluding hydrogens is 400 g/mol. The van der Waals surface area contributed by atoms with Gasteiger partial charge in [0.05, 0.1) is 25.5 Å². The first kappa shape index (κ1) is 21.4. The van der Waals surface area contributed by atoms with Gasteiger partial charge in [-0.15, -0.1) is 0 Å². The summed E-state index contributed by atoms with van der Waals surface area (Å²) in [6.07, 6.45) is 9.01. The number of amides is 1. The van der Waals surface area contributed by atoms with Crippen molar-refractivity contribution >= 4 is 12.0 Å². The molecule has 4 rings (SSSR count). The fourth-order valence-corrected chi connectivity index (χ4v) is 3.78. The van der Waals surface area contributed by atoms with Gasteiger partial charge in [0, 0.05) is 42.8 Å². The molecule has 0 aliphatic carbocycles. The summed E-state index contributed by atoms with van der Waals surface area (Å²) >= 11 is 0. The average molecular weight is 429 g/mol. The molecule has 0 spiro atoms. The number of hydrogen-bond acceptors (Lipinski definition) is 3. The van der Waals surface area contributed by atoms with E-state index in [0.29, 0.717) is 19.6 Å². The highest BCUT2D eigenvalue weighted by molar-refractivity contribution is 5.91. The first-order chi connectivity index (χ1) is 15.5. The molecule has 164 valence electrons. The van der Waals surface area contributed by atoms with E-state index in [1.807, 2.05) is 53.5 Å². The van der Waals surface area contributed by atoms with Crippen molar-refractivity contribution in [2.24, 2.45) is 0 Å². The molecule has 0 bridgehead atoms. The normalized spacial score (nSPS) is 11.3. The zero-order valence-electron chi connectivity index (χ0n) is 18.7. The highest BCUT2D eigenvalue weighted by Gasteiger charge is 2.11. The predicted octanol–water partition coefficient (Wildman–Crippen LogP) is 4.66. The Morgan fingerprint density at radius 3 is 2.66 bits per heavy atom. The number of aryl methyl sites for hydroxylation is 1. The van der Waals surface area contributed by atoms with Crippen molar-refractivity contribution in [3.8, 4) is 0 Å². The van der Waals surface area contributed by atoms with Gasteiger partial charge in [0.1, 0.15) is 5.76 Å². The number of furan rings is 1. The minimum absolute atomic E-state index is 0.0448. The van der Waals surface area contributed by atoms with Gasteiger partial charge < -0.3 is 13.9 Å². The van der Waals surface area contributed by atoms with Crippen LogP contribution in [0.4, 0.5) is 0 Å². The predicted molar refractivity (Wildman–Crippen MR) is 125 cm³/mol. The van der Waals surface area contributed by atoms with E-state index in [1.54, 1.807) is 24.3 Å². The third kappa shape index (κ3) is 5.09. The number of likely N-dealkylation sites (N-methyl/N-ethyl adjacent to an activating group) is 1. The molecule has 6 heteroatoms. The van der Waals surface area contributed by atoms with Gasteiger partial charge in [0.15, 0.2) is 0 Å². The summed E-state index contributed by atoms with van der Waals surface area (Å²) in [6, 6.07) is 16.2. The summed E-state index contributed by atoms with van der Waals surface area (Å²) < 4.78 is 9.56. The SMILES string of the molecule is Cc1cc(C=CC(=O)N(C)Cc2cnn(Cc3ccccc3)c2)c(C)n1Cc1ccco1. The molecular formula is C26H28N4O2. The molecule has 0 aliphatic heterocycles. The molecule has 0 aliphatic rings. The summed E-state index contributed by atoms with van der Waals surface area (Å²) in [5, 5.41) is 4.42. The van der Waals surface area contributed by atoms with Crippen LogP contribution in [0.15, 0.2) is 77.7 Å². The van der Waals surface area contributed by atoms with Crippen LogP contribution in [0.1, 0.15) is 33.8 Å². The summed E-state index contributed by atoms with van der Waals surface area (Å²) in [5.74, 6) is 0.864. The van der Waals surface area contributed by atoms with Gasteiger partial charge in [-0.2, -0.15) is 5.10 Å². The largest absolute Gasteiger partial charge is 0.467 e. The molecule has 32 heavy (non-hydrogen) atoms. The van der Waals surface area contributed by atoms with Crippen LogP contribution in [0.3, 0.4) is 0 Å². The monoisotopic (exact) mass is 428 g/mol. The lowest BCUT2D eigenvalue weighted by Crippen LogP contribution is -2.23. The quantitative estimate of drug-likeness (QED) is 0.384. The number of benzene rings is 1. The Bertz CT molecular complexity index is 1200. The fourth-order valence-electron chi connectivity index (χ4n) is 3.78. The number of nitrogens with zero attached hydrogens (tertiary/aromatic N) is 4. The fraction of sp³-hybridized carbons (Fsp3) is 0.231. The minimum atomic E-state index is -0.0448. The van der Waals surface area contributed by atoms with Crippen LogP contribution in [0.25, 0.3) is 6.08 Å². The van der Waals surface area contributed by atoms with Crippen molar-refractivity contribution in [2.75, 3.05) is 7.05 Å². The average Bonchev–Trinajstić information content (AvgIpc) is 3.51. The van der Waals surface area contributed by atoms with E-state index >= 15 is 0 Å². The van der Waals surface area contributed by atoms with Gasteiger partial charge in [-0.3, -0.25) is 9.48 Å².